The Balaban J connectivity index is 1.26. The molecule has 1 aliphatic heterocycles. The number of carbonyl (C=O) groups is 1. The summed E-state index contributed by atoms with van der Waals surface area (Å²) in [4.78, 5) is 21.1. The number of halogens is 1. The molecular weight excluding hydrogens is 428 g/mol. The van der Waals surface area contributed by atoms with Crippen LogP contribution in [0.4, 0.5) is 16.2 Å². The van der Waals surface area contributed by atoms with Crippen molar-refractivity contribution in [2.24, 2.45) is 0 Å². The number of aromatic nitrogens is 2. The lowest BCUT2D eigenvalue weighted by atomic mass is 10.2. The lowest BCUT2D eigenvalue weighted by molar-refractivity contribution is 0.247. The number of nitrogens with one attached hydrogen (secondary N) is 1. The summed E-state index contributed by atoms with van der Waals surface area (Å²) in [6.45, 7) is 5.60. The molecule has 3 heterocycles. The molecule has 170 valence electrons. The molecule has 8 nitrogen and oxygen atoms in total. The van der Waals surface area contributed by atoms with Crippen molar-refractivity contribution in [3.8, 4) is 5.75 Å². The number of ether oxygens (including phenoxy) is 1. The number of hydrogen-bond donors (Lipinski definition) is 1. The van der Waals surface area contributed by atoms with Gasteiger partial charge in [-0.3, -0.25) is 9.80 Å². The molecule has 0 unspecified atom stereocenters. The number of fused-ring (bicyclic) bond motifs is 1. The zero-order valence-corrected chi connectivity index (χ0v) is 19.0. The lowest BCUT2D eigenvalue weighted by Crippen LogP contribution is -2.46. The van der Waals surface area contributed by atoms with Gasteiger partial charge in [0, 0.05) is 62.6 Å². The number of hydrogen-bond acceptors (Lipinski definition) is 5. The Morgan fingerprint density at radius 1 is 1.16 bits per heavy atom. The van der Waals surface area contributed by atoms with Crippen LogP contribution < -0.4 is 19.4 Å². The SMILES string of the molecule is COc1ccccc1N1CCN(CCCCN(C(=O)NCl)c2ccn3nccc3c2)CC1. The molecular formula is C23H29ClN6O2. The van der Waals surface area contributed by atoms with Crippen LogP contribution in [0.2, 0.25) is 0 Å². The summed E-state index contributed by atoms with van der Waals surface area (Å²) in [5.41, 5.74) is 2.90. The maximum Gasteiger partial charge on any atom is 0.336 e. The number of unbranched alkanes of at least 4 members (excludes halogenated alkanes) is 1. The molecule has 1 N–H and O–H groups in total. The number of para-hydroxylation sites is 2. The highest BCUT2D eigenvalue weighted by Gasteiger charge is 2.20. The second-order valence-electron chi connectivity index (χ2n) is 7.84. The number of anilines is 2. The molecule has 3 aromatic rings. The monoisotopic (exact) mass is 456 g/mol. The first-order valence-electron chi connectivity index (χ1n) is 10.9. The second-order valence-corrected chi connectivity index (χ2v) is 8.03. The number of amides is 2. The van der Waals surface area contributed by atoms with E-state index in [-0.39, 0.29) is 6.03 Å². The molecule has 1 aromatic carbocycles. The van der Waals surface area contributed by atoms with Crippen molar-refractivity contribution < 1.29 is 9.53 Å². The van der Waals surface area contributed by atoms with Gasteiger partial charge in [-0.15, -0.1) is 0 Å². The first-order chi connectivity index (χ1) is 15.7. The molecule has 0 aliphatic carbocycles. The predicted molar refractivity (Wildman–Crippen MR) is 128 cm³/mol. The molecule has 1 saturated heterocycles. The summed E-state index contributed by atoms with van der Waals surface area (Å²) >= 11 is 5.63. The molecule has 1 aliphatic rings. The summed E-state index contributed by atoms with van der Waals surface area (Å²) < 4.78 is 7.27. The van der Waals surface area contributed by atoms with E-state index in [4.69, 9.17) is 16.5 Å². The van der Waals surface area contributed by atoms with Gasteiger partial charge in [-0.05, 0) is 49.7 Å². The second kappa shape index (κ2) is 10.6. The lowest BCUT2D eigenvalue weighted by Gasteiger charge is -2.36. The number of pyridine rings is 1. The van der Waals surface area contributed by atoms with Crippen molar-refractivity contribution >= 4 is 34.7 Å². The molecule has 0 spiro atoms. The average Bonchev–Trinajstić information content (AvgIpc) is 3.32. The Morgan fingerprint density at radius 2 is 1.97 bits per heavy atom. The predicted octanol–water partition coefficient (Wildman–Crippen LogP) is 3.62. The third-order valence-electron chi connectivity index (χ3n) is 5.93. The highest BCUT2D eigenvalue weighted by molar-refractivity contribution is 6.23. The van der Waals surface area contributed by atoms with Gasteiger partial charge in [-0.1, -0.05) is 12.1 Å². The van der Waals surface area contributed by atoms with Gasteiger partial charge in [0.25, 0.3) is 0 Å². The Labute approximate surface area is 193 Å². The Kier molecular flexibility index (Phi) is 7.34. The van der Waals surface area contributed by atoms with Gasteiger partial charge in [0.2, 0.25) is 0 Å². The van der Waals surface area contributed by atoms with Crippen LogP contribution in [-0.2, 0) is 0 Å². The standard InChI is InChI=1S/C23H29ClN6O2/c1-32-22-7-3-2-6-21(22)28-16-14-27(15-17-28)11-4-5-12-29(23(31)26-24)19-9-13-30-20(18-19)8-10-25-30/h2-3,6-10,13,18H,4-5,11-12,14-17H2,1H3,(H,26,31). The van der Waals surface area contributed by atoms with Gasteiger partial charge in [0.15, 0.2) is 0 Å². The summed E-state index contributed by atoms with van der Waals surface area (Å²) in [7, 11) is 1.72. The van der Waals surface area contributed by atoms with Crippen molar-refractivity contribution in [3.05, 3.63) is 54.9 Å². The summed E-state index contributed by atoms with van der Waals surface area (Å²) in [5.74, 6) is 0.924. The zero-order chi connectivity index (χ0) is 22.3. The van der Waals surface area contributed by atoms with Crippen LogP contribution in [0, 0.1) is 0 Å². The number of nitrogens with zero attached hydrogens (tertiary/aromatic N) is 5. The maximum atomic E-state index is 12.3. The number of rotatable bonds is 8. The van der Waals surface area contributed by atoms with Crippen molar-refractivity contribution in [1.29, 1.82) is 0 Å². The van der Waals surface area contributed by atoms with Crippen LogP contribution in [0.1, 0.15) is 12.8 Å². The smallest absolute Gasteiger partial charge is 0.336 e. The number of carbonyl (C=O) groups excluding carboxylic acids is 1. The normalized spacial score (nSPS) is 14.5. The molecule has 32 heavy (non-hydrogen) atoms. The Morgan fingerprint density at radius 3 is 2.75 bits per heavy atom. The highest BCUT2D eigenvalue weighted by atomic mass is 35.5. The third-order valence-corrected chi connectivity index (χ3v) is 6.09. The van der Waals surface area contributed by atoms with Gasteiger partial charge >= 0.3 is 6.03 Å². The average molecular weight is 457 g/mol. The van der Waals surface area contributed by atoms with E-state index in [2.05, 4.69) is 31.9 Å². The van der Waals surface area contributed by atoms with E-state index in [0.29, 0.717) is 6.54 Å². The largest absolute Gasteiger partial charge is 0.495 e. The summed E-state index contributed by atoms with van der Waals surface area (Å²) in [6, 6.07) is 13.6. The van der Waals surface area contributed by atoms with E-state index < -0.39 is 0 Å². The number of methoxy groups -OCH3 is 1. The minimum absolute atomic E-state index is 0.319. The van der Waals surface area contributed by atoms with Gasteiger partial charge in [0.1, 0.15) is 5.75 Å². The first kappa shape index (κ1) is 22.2. The van der Waals surface area contributed by atoms with Crippen LogP contribution in [0.25, 0.3) is 5.52 Å². The Hall–Kier alpha value is -2.97. The van der Waals surface area contributed by atoms with Crippen LogP contribution in [0.5, 0.6) is 5.75 Å². The van der Waals surface area contributed by atoms with Crippen molar-refractivity contribution in [1.82, 2.24) is 19.3 Å². The minimum atomic E-state index is -0.319. The fraction of sp³-hybridized carbons (Fsp3) is 0.391. The van der Waals surface area contributed by atoms with Crippen molar-refractivity contribution in [3.63, 3.8) is 0 Å². The van der Waals surface area contributed by atoms with E-state index in [1.807, 2.05) is 36.5 Å². The quantitative estimate of drug-likeness (QED) is 0.414. The molecule has 0 bridgehead atoms. The van der Waals surface area contributed by atoms with Crippen LogP contribution in [-0.4, -0.2) is 66.9 Å². The fourth-order valence-corrected chi connectivity index (χ4v) is 4.29. The van der Waals surface area contributed by atoms with E-state index in [1.54, 1.807) is 22.7 Å². The fourth-order valence-electron chi connectivity index (χ4n) is 4.19. The first-order valence-corrected chi connectivity index (χ1v) is 11.3. The van der Waals surface area contributed by atoms with Gasteiger partial charge in [-0.25, -0.2) is 14.1 Å². The number of piperazine rings is 1. The van der Waals surface area contributed by atoms with E-state index in [1.165, 1.54) is 0 Å². The van der Waals surface area contributed by atoms with E-state index in [0.717, 1.165) is 68.2 Å². The third kappa shape index (κ3) is 5.08. The van der Waals surface area contributed by atoms with Gasteiger partial charge in [0.05, 0.1) is 18.3 Å². The Bertz CT molecular complexity index is 1030. The van der Waals surface area contributed by atoms with Gasteiger partial charge in [-0.2, -0.15) is 5.10 Å². The molecule has 9 heteroatoms. The van der Waals surface area contributed by atoms with Gasteiger partial charge < -0.3 is 9.64 Å². The summed E-state index contributed by atoms with van der Waals surface area (Å²) in [5, 5.41) is 4.20. The molecule has 0 atom stereocenters. The van der Waals surface area contributed by atoms with Crippen molar-refractivity contribution in [2.45, 2.75) is 12.8 Å². The zero-order valence-electron chi connectivity index (χ0n) is 18.3. The molecule has 2 amide bonds. The van der Waals surface area contributed by atoms with Crippen LogP contribution in [0.15, 0.2) is 54.9 Å². The number of urea groups is 1. The topological polar surface area (TPSA) is 65.4 Å². The molecule has 4 rings (SSSR count). The van der Waals surface area contributed by atoms with Crippen LogP contribution in [0.3, 0.4) is 0 Å². The van der Waals surface area contributed by atoms with Crippen LogP contribution >= 0.6 is 11.8 Å². The minimum Gasteiger partial charge on any atom is -0.495 e. The highest BCUT2D eigenvalue weighted by Crippen LogP contribution is 2.28. The molecule has 0 radical (unpaired) electrons. The molecule has 1 fully saturated rings. The van der Waals surface area contributed by atoms with E-state index >= 15 is 0 Å². The molecule has 2 aromatic heterocycles. The summed E-state index contributed by atoms with van der Waals surface area (Å²) in [6.07, 6.45) is 5.48. The maximum absolute atomic E-state index is 12.3. The van der Waals surface area contributed by atoms with E-state index in [9.17, 15) is 4.79 Å². The van der Waals surface area contributed by atoms with Crippen molar-refractivity contribution in [2.75, 3.05) is 56.2 Å². The number of benzene rings is 1. The molecule has 0 saturated carbocycles.